The number of hydrogen-bond acceptors (Lipinski definition) is 4. The number of halogens is 1. The van der Waals surface area contributed by atoms with Crippen molar-refractivity contribution in [2.75, 3.05) is 26.2 Å². The molecule has 140 valence electrons. The van der Waals surface area contributed by atoms with Gasteiger partial charge in [0.1, 0.15) is 11.5 Å². The number of rotatable bonds is 4. The molecule has 1 amide bonds. The average Bonchev–Trinajstić information content (AvgIpc) is 3.31. The molecule has 0 aliphatic carbocycles. The van der Waals surface area contributed by atoms with Gasteiger partial charge in [0, 0.05) is 43.8 Å². The number of aromatic nitrogens is 2. The number of piperazine rings is 1. The van der Waals surface area contributed by atoms with E-state index in [0.29, 0.717) is 30.2 Å². The number of nitrogens with zero attached hydrogens (tertiary/aromatic N) is 3. The minimum Gasteiger partial charge on any atom is -0.460 e. The number of aromatic amines is 1. The van der Waals surface area contributed by atoms with Gasteiger partial charge >= 0.3 is 0 Å². The minimum absolute atomic E-state index is 0.0526. The maximum Gasteiger partial charge on any atom is 0.274 e. The van der Waals surface area contributed by atoms with Crippen LogP contribution in [0.4, 0.5) is 0 Å². The third-order valence-electron chi connectivity index (χ3n) is 4.76. The molecular formula is C20H21ClN4O2. The second-order valence-corrected chi connectivity index (χ2v) is 7.21. The second kappa shape index (κ2) is 7.58. The Balaban J connectivity index is 1.35. The summed E-state index contributed by atoms with van der Waals surface area (Å²) in [5.41, 5.74) is 2.32. The summed E-state index contributed by atoms with van der Waals surface area (Å²) in [4.78, 5) is 16.9. The summed E-state index contributed by atoms with van der Waals surface area (Å²) >= 11 is 6.05. The van der Waals surface area contributed by atoms with Gasteiger partial charge in [-0.15, -0.1) is 0 Å². The summed E-state index contributed by atoms with van der Waals surface area (Å²) in [7, 11) is 0. The average molecular weight is 385 g/mol. The van der Waals surface area contributed by atoms with E-state index in [2.05, 4.69) is 21.2 Å². The molecule has 4 rings (SSSR count). The lowest BCUT2D eigenvalue weighted by Gasteiger charge is -2.34. The van der Waals surface area contributed by atoms with E-state index in [1.165, 1.54) is 5.56 Å². The summed E-state index contributed by atoms with van der Waals surface area (Å²) in [6.07, 6.45) is 0. The summed E-state index contributed by atoms with van der Waals surface area (Å²) in [5, 5.41) is 7.81. The van der Waals surface area contributed by atoms with E-state index in [1.54, 1.807) is 6.07 Å². The molecule has 0 unspecified atom stereocenters. The van der Waals surface area contributed by atoms with E-state index in [-0.39, 0.29) is 5.91 Å². The van der Waals surface area contributed by atoms with Crippen molar-refractivity contribution in [2.24, 2.45) is 0 Å². The van der Waals surface area contributed by atoms with Crippen molar-refractivity contribution in [2.45, 2.75) is 13.5 Å². The molecule has 0 radical (unpaired) electrons. The van der Waals surface area contributed by atoms with Crippen LogP contribution < -0.4 is 0 Å². The molecule has 1 fully saturated rings. The van der Waals surface area contributed by atoms with E-state index in [9.17, 15) is 4.79 Å². The number of carbonyl (C=O) groups excluding carboxylic acids is 1. The van der Waals surface area contributed by atoms with Crippen LogP contribution in [0.25, 0.3) is 11.5 Å². The van der Waals surface area contributed by atoms with Crippen molar-refractivity contribution >= 4 is 17.5 Å². The molecule has 3 aromatic rings. The van der Waals surface area contributed by atoms with E-state index in [1.807, 2.05) is 42.2 Å². The lowest BCUT2D eigenvalue weighted by atomic mass is 10.2. The molecule has 1 aliphatic heterocycles. The predicted molar refractivity (Wildman–Crippen MR) is 104 cm³/mol. The lowest BCUT2D eigenvalue weighted by Crippen LogP contribution is -2.48. The van der Waals surface area contributed by atoms with Crippen molar-refractivity contribution in [1.82, 2.24) is 20.0 Å². The third-order valence-corrected chi connectivity index (χ3v) is 4.99. The molecule has 0 atom stereocenters. The van der Waals surface area contributed by atoms with E-state index >= 15 is 0 Å². The number of aryl methyl sites for hydroxylation is 1. The molecule has 1 aromatic carbocycles. The van der Waals surface area contributed by atoms with Crippen LogP contribution in [-0.2, 0) is 6.54 Å². The van der Waals surface area contributed by atoms with E-state index < -0.39 is 0 Å². The lowest BCUT2D eigenvalue weighted by molar-refractivity contribution is 0.0622. The number of hydrogen-bond donors (Lipinski definition) is 1. The zero-order valence-corrected chi connectivity index (χ0v) is 15.9. The first kappa shape index (κ1) is 17.8. The van der Waals surface area contributed by atoms with Crippen molar-refractivity contribution in [3.05, 3.63) is 64.5 Å². The number of carbonyl (C=O) groups is 1. The molecule has 1 N–H and O–H groups in total. The molecule has 2 aromatic heterocycles. The molecule has 1 aliphatic rings. The number of H-pyrrole nitrogens is 1. The zero-order valence-electron chi connectivity index (χ0n) is 15.1. The first-order chi connectivity index (χ1) is 13.1. The minimum atomic E-state index is -0.0526. The summed E-state index contributed by atoms with van der Waals surface area (Å²) in [6.45, 7) is 5.74. The summed E-state index contributed by atoms with van der Waals surface area (Å²) in [5.74, 6) is 1.46. The summed E-state index contributed by atoms with van der Waals surface area (Å²) in [6, 6.07) is 13.4. The van der Waals surface area contributed by atoms with E-state index in [4.69, 9.17) is 16.0 Å². The maximum atomic E-state index is 12.7. The van der Waals surface area contributed by atoms with Crippen LogP contribution in [0.2, 0.25) is 5.02 Å². The molecule has 0 saturated carbocycles. The van der Waals surface area contributed by atoms with Crippen LogP contribution in [0.15, 0.2) is 46.9 Å². The monoisotopic (exact) mass is 384 g/mol. The Labute approximate surface area is 162 Å². The Bertz CT molecular complexity index is 941. The van der Waals surface area contributed by atoms with Crippen molar-refractivity contribution in [1.29, 1.82) is 0 Å². The highest BCUT2D eigenvalue weighted by molar-refractivity contribution is 6.30. The molecule has 0 bridgehead atoms. The number of furan rings is 1. The van der Waals surface area contributed by atoms with Crippen LogP contribution in [0.5, 0.6) is 0 Å². The smallest absolute Gasteiger partial charge is 0.274 e. The van der Waals surface area contributed by atoms with Crippen molar-refractivity contribution in [3.8, 4) is 11.5 Å². The SMILES string of the molecule is Cc1ccc(-c2cc(C(=O)N3CCN(Cc4cccc(Cl)c4)CC3)n[nH]2)o1. The molecular weight excluding hydrogens is 364 g/mol. The predicted octanol–water partition coefficient (Wildman–Crippen LogP) is 3.59. The van der Waals surface area contributed by atoms with Crippen LogP contribution >= 0.6 is 11.6 Å². The number of amides is 1. The largest absolute Gasteiger partial charge is 0.460 e. The van der Waals surface area contributed by atoms with Gasteiger partial charge < -0.3 is 9.32 Å². The van der Waals surface area contributed by atoms with Gasteiger partial charge in [-0.1, -0.05) is 23.7 Å². The first-order valence-corrected chi connectivity index (χ1v) is 9.34. The zero-order chi connectivity index (χ0) is 18.8. The first-order valence-electron chi connectivity index (χ1n) is 8.97. The maximum absolute atomic E-state index is 12.7. The molecule has 1 saturated heterocycles. The Morgan fingerprint density at radius 1 is 1.19 bits per heavy atom. The Morgan fingerprint density at radius 3 is 2.70 bits per heavy atom. The van der Waals surface area contributed by atoms with Crippen LogP contribution in [0.1, 0.15) is 21.8 Å². The Kier molecular flexibility index (Phi) is 5.01. The van der Waals surface area contributed by atoms with Gasteiger partial charge in [-0.25, -0.2) is 0 Å². The van der Waals surface area contributed by atoms with Gasteiger partial charge in [-0.3, -0.25) is 14.8 Å². The second-order valence-electron chi connectivity index (χ2n) is 6.78. The van der Waals surface area contributed by atoms with Crippen LogP contribution in [-0.4, -0.2) is 52.1 Å². The number of benzene rings is 1. The Morgan fingerprint density at radius 2 is 2.00 bits per heavy atom. The Hall–Kier alpha value is -2.57. The van der Waals surface area contributed by atoms with Crippen LogP contribution in [0, 0.1) is 6.92 Å². The van der Waals surface area contributed by atoms with Gasteiger partial charge in [-0.05, 0) is 36.8 Å². The standard InChI is InChI=1S/C20H21ClN4O2/c1-14-5-6-19(27-14)17-12-18(23-22-17)20(26)25-9-7-24(8-10-25)13-15-3-2-4-16(21)11-15/h2-6,11-12H,7-10,13H2,1H3,(H,22,23). The highest BCUT2D eigenvalue weighted by atomic mass is 35.5. The van der Waals surface area contributed by atoms with Gasteiger partial charge in [0.15, 0.2) is 11.5 Å². The van der Waals surface area contributed by atoms with E-state index in [0.717, 1.165) is 30.4 Å². The fraction of sp³-hybridized carbons (Fsp3) is 0.300. The fourth-order valence-corrected chi connectivity index (χ4v) is 3.51. The van der Waals surface area contributed by atoms with Gasteiger partial charge in [0.05, 0.1) is 0 Å². The van der Waals surface area contributed by atoms with Gasteiger partial charge in [0.25, 0.3) is 5.91 Å². The topological polar surface area (TPSA) is 65.4 Å². The van der Waals surface area contributed by atoms with Gasteiger partial charge in [0.2, 0.25) is 0 Å². The normalized spacial score (nSPS) is 15.3. The number of nitrogens with one attached hydrogen (secondary N) is 1. The molecule has 0 spiro atoms. The highest BCUT2D eigenvalue weighted by Crippen LogP contribution is 2.21. The molecule has 3 heterocycles. The quantitative estimate of drug-likeness (QED) is 0.746. The molecule has 6 nitrogen and oxygen atoms in total. The van der Waals surface area contributed by atoms with Crippen LogP contribution in [0.3, 0.4) is 0 Å². The molecule has 27 heavy (non-hydrogen) atoms. The third kappa shape index (κ3) is 4.07. The van der Waals surface area contributed by atoms with Crippen molar-refractivity contribution < 1.29 is 9.21 Å². The van der Waals surface area contributed by atoms with Crippen molar-refractivity contribution in [3.63, 3.8) is 0 Å². The summed E-state index contributed by atoms with van der Waals surface area (Å²) < 4.78 is 5.57. The highest BCUT2D eigenvalue weighted by Gasteiger charge is 2.24. The fourth-order valence-electron chi connectivity index (χ4n) is 3.30. The molecule has 7 heteroatoms. The van der Waals surface area contributed by atoms with Gasteiger partial charge in [-0.2, -0.15) is 5.10 Å².